The summed E-state index contributed by atoms with van der Waals surface area (Å²) in [7, 11) is 1.53. The molecule has 0 saturated carbocycles. The number of nitrogens with one attached hydrogen (secondary N) is 1. The van der Waals surface area contributed by atoms with Crippen LogP contribution in [0.2, 0.25) is 5.02 Å². The zero-order chi connectivity index (χ0) is 11.7. The van der Waals surface area contributed by atoms with Crippen molar-refractivity contribution in [2.24, 2.45) is 0 Å². The van der Waals surface area contributed by atoms with Crippen LogP contribution in [-0.4, -0.2) is 23.2 Å². The highest BCUT2D eigenvalue weighted by Crippen LogP contribution is 2.33. The van der Waals surface area contributed by atoms with Crippen LogP contribution in [0, 0.1) is 0 Å². The number of fused-ring (bicyclic) bond motifs is 1. The van der Waals surface area contributed by atoms with Crippen molar-refractivity contribution in [1.82, 2.24) is 4.98 Å². The number of H-pyrrole nitrogens is 1. The van der Waals surface area contributed by atoms with E-state index in [4.69, 9.17) is 21.4 Å². The SMILES string of the molecule is COc1c(Cl)ccc2[nH]c(CC(=O)O)cc12. The number of aliphatic carboxylic acids is 1. The maximum Gasteiger partial charge on any atom is 0.309 e. The monoisotopic (exact) mass is 239 g/mol. The second-order valence-electron chi connectivity index (χ2n) is 3.41. The first-order valence-corrected chi connectivity index (χ1v) is 5.05. The molecule has 0 aliphatic heterocycles. The van der Waals surface area contributed by atoms with Crippen LogP contribution in [-0.2, 0) is 11.2 Å². The van der Waals surface area contributed by atoms with Gasteiger partial charge in [-0.1, -0.05) is 11.6 Å². The third-order valence-corrected chi connectivity index (χ3v) is 2.61. The van der Waals surface area contributed by atoms with E-state index in [0.717, 1.165) is 10.9 Å². The molecule has 0 fully saturated rings. The van der Waals surface area contributed by atoms with Gasteiger partial charge in [0.15, 0.2) is 0 Å². The minimum absolute atomic E-state index is 0.0462. The number of carbonyl (C=O) groups is 1. The maximum atomic E-state index is 10.6. The van der Waals surface area contributed by atoms with E-state index in [1.807, 2.05) is 0 Å². The fourth-order valence-electron chi connectivity index (χ4n) is 1.67. The number of hydrogen-bond acceptors (Lipinski definition) is 2. The van der Waals surface area contributed by atoms with Crippen LogP contribution in [0.3, 0.4) is 0 Å². The summed E-state index contributed by atoms with van der Waals surface area (Å²) in [4.78, 5) is 13.6. The molecule has 0 saturated heterocycles. The molecule has 2 rings (SSSR count). The highest BCUT2D eigenvalue weighted by atomic mass is 35.5. The Balaban J connectivity index is 2.56. The standard InChI is InChI=1S/C11H10ClNO3/c1-16-11-7-4-6(5-10(14)15)13-9(7)3-2-8(11)12/h2-4,13H,5H2,1H3,(H,14,15). The summed E-state index contributed by atoms with van der Waals surface area (Å²) < 4.78 is 5.18. The summed E-state index contributed by atoms with van der Waals surface area (Å²) in [5.74, 6) is -0.316. The number of methoxy groups -OCH3 is 1. The van der Waals surface area contributed by atoms with Crippen LogP contribution in [0.1, 0.15) is 5.69 Å². The number of rotatable bonds is 3. The maximum absolute atomic E-state index is 10.6. The highest BCUT2D eigenvalue weighted by molar-refractivity contribution is 6.33. The fourth-order valence-corrected chi connectivity index (χ4v) is 1.92. The van der Waals surface area contributed by atoms with Crippen LogP contribution in [0.5, 0.6) is 5.75 Å². The Labute approximate surface area is 96.8 Å². The number of carboxylic acid groups (broad SMARTS) is 1. The van der Waals surface area contributed by atoms with Gasteiger partial charge < -0.3 is 14.8 Å². The first kappa shape index (κ1) is 10.8. The average molecular weight is 240 g/mol. The summed E-state index contributed by atoms with van der Waals surface area (Å²) in [6.07, 6.45) is -0.0462. The van der Waals surface area contributed by atoms with Crippen molar-refractivity contribution in [2.45, 2.75) is 6.42 Å². The number of benzene rings is 1. The van der Waals surface area contributed by atoms with Gasteiger partial charge in [-0.05, 0) is 18.2 Å². The molecule has 1 heterocycles. The Morgan fingerprint density at radius 2 is 2.31 bits per heavy atom. The Kier molecular flexibility index (Phi) is 2.75. The molecule has 0 aliphatic carbocycles. The van der Waals surface area contributed by atoms with E-state index >= 15 is 0 Å². The molecule has 0 atom stereocenters. The van der Waals surface area contributed by atoms with E-state index in [1.54, 1.807) is 18.2 Å². The number of aromatic nitrogens is 1. The molecule has 0 bridgehead atoms. The van der Waals surface area contributed by atoms with E-state index in [0.29, 0.717) is 16.5 Å². The topological polar surface area (TPSA) is 62.3 Å². The van der Waals surface area contributed by atoms with E-state index in [1.165, 1.54) is 7.11 Å². The summed E-state index contributed by atoms with van der Waals surface area (Å²) >= 11 is 5.96. The van der Waals surface area contributed by atoms with E-state index in [9.17, 15) is 4.79 Å². The molecule has 2 N–H and O–H groups in total. The quantitative estimate of drug-likeness (QED) is 0.865. The van der Waals surface area contributed by atoms with Gasteiger partial charge in [-0.15, -0.1) is 0 Å². The largest absolute Gasteiger partial charge is 0.494 e. The van der Waals surface area contributed by atoms with Gasteiger partial charge in [0.2, 0.25) is 0 Å². The second kappa shape index (κ2) is 4.06. The van der Waals surface area contributed by atoms with Gasteiger partial charge in [0.05, 0.1) is 18.6 Å². The summed E-state index contributed by atoms with van der Waals surface area (Å²) in [5.41, 5.74) is 1.44. The van der Waals surface area contributed by atoms with Crippen molar-refractivity contribution in [1.29, 1.82) is 0 Å². The lowest BCUT2D eigenvalue weighted by Gasteiger charge is -2.03. The van der Waals surface area contributed by atoms with Crippen molar-refractivity contribution in [3.63, 3.8) is 0 Å². The number of aromatic amines is 1. The third-order valence-electron chi connectivity index (χ3n) is 2.31. The van der Waals surface area contributed by atoms with E-state index in [2.05, 4.69) is 4.98 Å². The normalized spacial score (nSPS) is 10.6. The van der Waals surface area contributed by atoms with Gasteiger partial charge in [0.1, 0.15) is 5.75 Å². The molecule has 4 nitrogen and oxygen atoms in total. The van der Waals surface area contributed by atoms with Crippen molar-refractivity contribution in [3.8, 4) is 5.75 Å². The van der Waals surface area contributed by atoms with Gasteiger partial charge >= 0.3 is 5.97 Å². The van der Waals surface area contributed by atoms with Crippen LogP contribution in [0.15, 0.2) is 18.2 Å². The first-order valence-electron chi connectivity index (χ1n) is 4.67. The Morgan fingerprint density at radius 3 is 2.94 bits per heavy atom. The molecule has 0 spiro atoms. The zero-order valence-electron chi connectivity index (χ0n) is 8.58. The summed E-state index contributed by atoms with van der Waals surface area (Å²) in [6, 6.07) is 5.25. The van der Waals surface area contributed by atoms with Crippen LogP contribution in [0.4, 0.5) is 0 Å². The molecule has 2 aromatic rings. The molecule has 0 unspecified atom stereocenters. The van der Waals surface area contributed by atoms with E-state index in [-0.39, 0.29) is 6.42 Å². The highest BCUT2D eigenvalue weighted by Gasteiger charge is 2.11. The van der Waals surface area contributed by atoms with Crippen molar-refractivity contribution < 1.29 is 14.6 Å². The molecular weight excluding hydrogens is 230 g/mol. The predicted octanol–water partition coefficient (Wildman–Crippen LogP) is 2.46. The minimum atomic E-state index is -0.878. The van der Waals surface area contributed by atoms with Crippen LogP contribution < -0.4 is 4.74 Å². The zero-order valence-corrected chi connectivity index (χ0v) is 9.34. The van der Waals surface area contributed by atoms with Crippen molar-refractivity contribution in [3.05, 3.63) is 28.9 Å². The molecule has 5 heteroatoms. The number of halogens is 1. The minimum Gasteiger partial charge on any atom is -0.494 e. The van der Waals surface area contributed by atoms with Crippen LogP contribution in [0.25, 0.3) is 10.9 Å². The molecule has 1 aromatic heterocycles. The van der Waals surface area contributed by atoms with Crippen LogP contribution >= 0.6 is 11.6 Å². The predicted molar refractivity (Wildman–Crippen MR) is 61.2 cm³/mol. The van der Waals surface area contributed by atoms with Gasteiger partial charge in [-0.2, -0.15) is 0 Å². The molecular formula is C11H10ClNO3. The summed E-state index contributed by atoms with van der Waals surface area (Å²) in [5, 5.41) is 10.0. The molecule has 0 aliphatic rings. The van der Waals surface area contributed by atoms with E-state index < -0.39 is 5.97 Å². The average Bonchev–Trinajstić information content (AvgIpc) is 2.59. The van der Waals surface area contributed by atoms with Gasteiger partial charge in [-0.25, -0.2) is 0 Å². The van der Waals surface area contributed by atoms with Gasteiger partial charge in [0, 0.05) is 16.6 Å². The molecule has 0 amide bonds. The Morgan fingerprint density at radius 1 is 1.56 bits per heavy atom. The Bertz CT molecular complexity index is 547. The number of ether oxygens (including phenoxy) is 1. The van der Waals surface area contributed by atoms with Gasteiger partial charge in [-0.3, -0.25) is 4.79 Å². The molecule has 84 valence electrons. The fraction of sp³-hybridized carbons (Fsp3) is 0.182. The third kappa shape index (κ3) is 1.84. The van der Waals surface area contributed by atoms with Gasteiger partial charge in [0.25, 0.3) is 0 Å². The van der Waals surface area contributed by atoms with Crippen molar-refractivity contribution >= 4 is 28.5 Å². The summed E-state index contributed by atoms with van der Waals surface area (Å²) in [6.45, 7) is 0. The Hall–Kier alpha value is -1.68. The van der Waals surface area contributed by atoms with Crippen molar-refractivity contribution in [2.75, 3.05) is 7.11 Å². The first-order chi connectivity index (χ1) is 7.61. The lowest BCUT2D eigenvalue weighted by atomic mass is 10.2. The second-order valence-corrected chi connectivity index (χ2v) is 3.81. The lowest BCUT2D eigenvalue weighted by molar-refractivity contribution is -0.136. The molecule has 1 aromatic carbocycles. The molecule has 0 radical (unpaired) electrons. The molecule has 16 heavy (non-hydrogen) atoms. The lowest BCUT2D eigenvalue weighted by Crippen LogP contribution is -1.99. The smallest absolute Gasteiger partial charge is 0.309 e. The number of hydrogen-bond donors (Lipinski definition) is 2. The number of carboxylic acids is 1.